The van der Waals surface area contributed by atoms with Gasteiger partial charge in [0.05, 0.1) is 4.34 Å². The van der Waals surface area contributed by atoms with Crippen LogP contribution in [0.3, 0.4) is 0 Å². The maximum atomic E-state index is 6.15. The molecule has 0 saturated heterocycles. The first-order valence-electron chi connectivity index (χ1n) is 5.39. The highest BCUT2D eigenvalue weighted by molar-refractivity contribution is 7.16. The second-order valence-corrected chi connectivity index (χ2v) is 6.04. The van der Waals surface area contributed by atoms with Gasteiger partial charge in [-0.2, -0.15) is 0 Å². The van der Waals surface area contributed by atoms with Crippen molar-refractivity contribution < 1.29 is 0 Å². The number of nitrogens with one attached hydrogen (secondary N) is 1. The summed E-state index contributed by atoms with van der Waals surface area (Å²) >= 11 is 13.6. The fourth-order valence-electron chi connectivity index (χ4n) is 1.64. The third kappa shape index (κ3) is 3.46. The smallest absolute Gasteiger partial charge is 0.0931 e. The summed E-state index contributed by atoms with van der Waals surface area (Å²) in [6.45, 7) is 2.92. The molecule has 0 radical (unpaired) electrons. The fourth-order valence-corrected chi connectivity index (χ4v) is 2.97. The number of hydrogen-bond donors (Lipinski definition) is 1. The van der Waals surface area contributed by atoms with Gasteiger partial charge < -0.3 is 5.32 Å². The van der Waals surface area contributed by atoms with E-state index in [0.29, 0.717) is 0 Å². The lowest BCUT2D eigenvalue weighted by atomic mass is 10.1. The molecule has 0 aliphatic rings. The molecule has 1 atom stereocenters. The first kappa shape index (κ1) is 12.9. The number of benzene rings is 1. The third-order valence-corrected chi connectivity index (χ3v) is 4.16. The molecule has 0 fully saturated rings. The molecular weight excluding hydrogens is 273 g/mol. The Hall–Kier alpha value is -0.540. The second kappa shape index (κ2) is 5.87. The van der Waals surface area contributed by atoms with E-state index in [1.165, 1.54) is 4.88 Å². The van der Waals surface area contributed by atoms with Crippen LogP contribution in [0.1, 0.15) is 23.4 Å². The minimum Gasteiger partial charge on any atom is -0.305 e. The summed E-state index contributed by atoms with van der Waals surface area (Å²) in [5.74, 6) is 0. The van der Waals surface area contributed by atoms with Crippen molar-refractivity contribution >= 4 is 34.5 Å². The van der Waals surface area contributed by atoms with Crippen molar-refractivity contribution in [2.75, 3.05) is 0 Å². The molecule has 0 unspecified atom stereocenters. The molecule has 1 N–H and O–H groups in total. The molecule has 0 spiro atoms. The molecule has 17 heavy (non-hydrogen) atoms. The highest BCUT2D eigenvalue weighted by atomic mass is 35.5. The Balaban J connectivity index is 1.98. The Kier molecular flexibility index (Phi) is 4.46. The lowest BCUT2D eigenvalue weighted by Gasteiger charge is -2.14. The van der Waals surface area contributed by atoms with Crippen LogP contribution in [0.25, 0.3) is 0 Å². The summed E-state index contributed by atoms with van der Waals surface area (Å²) < 4.78 is 0.826. The molecule has 0 amide bonds. The van der Waals surface area contributed by atoms with Crippen LogP contribution in [0.2, 0.25) is 9.36 Å². The zero-order chi connectivity index (χ0) is 12.3. The van der Waals surface area contributed by atoms with Crippen molar-refractivity contribution in [1.29, 1.82) is 0 Å². The van der Waals surface area contributed by atoms with Gasteiger partial charge in [-0.15, -0.1) is 11.3 Å². The molecule has 90 valence electrons. The maximum Gasteiger partial charge on any atom is 0.0931 e. The van der Waals surface area contributed by atoms with Crippen LogP contribution in [0.4, 0.5) is 0 Å². The molecule has 0 aliphatic heterocycles. The van der Waals surface area contributed by atoms with Crippen molar-refractivity contribution in [2.45, 2.75) is 19.5 Å². The maximum absolute atomic E-state index is 6.15. The predicted octanol–water partition coefficient (Wildman–Crippen LogP) is 4.91. The van der Waals surface area contributed by atoms with E-state index in [1.807, 2.05) is 36.4 Å². The van der Waals surface area contributed by atoms with E-state index in [1.54, 1.807) is 11.3 Å². The Morgan fingerprint density at radius 1 is 1.18 bits per heavy atom. The third-order valence-electron chi connectivity index (χ3n) is 2.58. The predicted molar refractivity (Wildman–Crippen MR) is 76.0 cm³/mol. The average molecular weight is 286 g/mol. The topological polar surface area (TPSA) is 12.0 Å². The standard InChI is InChI=1S/C13H13Cl2NS/c1-9(11-4-2-3-5-12(11)14)16-8-10-6-7-13(15)17-10/h2-7,9,16H,8H2,1H3/t9-/m1/s1. The van der Waals surface area contributed by atoms with Crippen molar-refractivity contribution in [3.63, 3.8) is 0 Å². The van der Waals surface area contributed by atoms with Crippen LogP contribution in [0.15, 0.2) is 36.4 Å². The van der Waals surface area contributed by atoms with Crippen molar-refractivity contribution in [3.8, 4) is 0 Å². The monoisotopic (exact) mass is 285 g/mol. The molecule has 4 heteroatoms. The van der Waals surface area contributed by atoms with Crippen LogP contribution in [0, 0.1) is 0 Å². The molecule has 2 aromatic rings. The highest BCUT2D eigenvalue weighted by Gasteiger charge is 2.08. The highest BCUT2D eigenvalue weighted by Crippen LogP contribution is 2.24. The summed E-state index contributed by atoms with van der Waals surface area (Å²) in [7, 11) is 0. The van der Waals surface area contributed by atoms with Crippen molar-refractivity contribution in [1.82, 2.24) is 5.32 Å². The summed E-state index contributed by atoms with van der Waals surface area (Å²) in [6, 6.07) is 12.1. The first-order chi connectivity index (χ1) is 8.16. The minimum atomic E-state index is 0.226. The molecule has 2 rings (SSSR count). The Morgan fingerprint density at radius 3 is 2.59 bits per heavy atom. The zero-order valence-corrected chi connectivity index (χ0v) is 11.7. The van der Waals surface area contributed by atoms with Gasteiger partial charge in [-0.3, -0.25) is 0 Å². The van der Waals surface area contributed by atoms with Gasteiger partial charge in [0, 0.05) is 22.5 Å². The van der Waals surface area contributed by atoms with Gasteiger partial charge in [-0.1, -0.05) is 41.4 Å². The number of rotatable bonds is 4. The number of halogens is 2. The molecule has 0 aliphatic carbocycles. The van der Waals surface area contributed by atoms with Crippen LogP contribution < -0.4 is 5.32 Å². The quantitative estimate of drug-likeness (QED) is 0.842. The van der Waals surface area contributed by atoms with Gasteiger partial charge in [0.2, 0.25) is 0 Å². The van der Waals surface area contributed by atoms with E-state index in [2.05, 4.69) is 12.2 Å². The Morgan fingerprint density at radius 2 is 1.94 bits per heavy atom. The van der Waals surface area contributed by atoms with E-state index in [4.69, 9.17) is 23.2 Å². The summed E-state index contributed by atoms with van der Waals surface area (Å²) in [6.07, 6.45) is 0. The summed E-state index contributed by atoms with van der Waals surface area (Å²) in [5.41, 5.74) is 1.12. The SMILES string of the molecule is C[C@@H](NCc1ccc(Cl)s1)c1ccccc1Cl. The molecule has 1 nitrogen and oxygen atoms in total. The molecule has 0 bridgehead atoms. The number of thiophene rings is 1. The van der Waals surface area contributed by atoms with Crippen molar-refractivity contribution in [3.05, 3.63) is 56.2 Å². The van der Waals surface area contributed by atoms with E-state index in [0.717, 1.165) is 21.5 Å². The molecular formula is C13H13Cl2NS. The van der Waals surface area contributed by atoms with Crippen molar-refractivity contribution in [2.24, 2.45) is 0 Å². The van der Waals surface area contributed by atoms with Gasteiger partial charge in [-0.05, 0) is 30.7 Å². The van der Waals surface area contributed by atoms with E-state index < -0.39 is 0 Å². The lowest BCUT2D eigenvalue weighted by Crippen LogP contribution is -2.17. The summed E-state index contributed by atoms with van der Waals surface area (Å²) in [4.78, 5) is 1.23. The van der Waals surface area contributed by atoms with Crippen LogP contribution in [-0.4, -0.2) is 0 Å². The molecule has 0 saturated carbocycles. The fraction of sp³-hybridized carbons (Fsp3) is 0.231. The molecule has 1 aromatic carbocycles. The molecule has 1 heterocycles. The van der Waals surface area contributed by atoms with E-state index in [9.17, 15) is 0 Å². The summed E-state index contributed by atoms with van der Waals surface area (Å²) in [5, 5.41) is 4.24. The first-order valence-corrected chi connectivity index (χ1v) is 6.96. The van der Waals surface area contributed by atoms with Gasteiger partial charge in [0.25, 0.3) is 0 Å². The van der Waals surface area contributed by atoms with Gasteiger partial charge in [0.15, 0.2) is 0 Å². The second-order valence-electron chi connectivity index (χ2n) is 3.83. The Labute approximate surface area is 115 Å². The zero-order valence-electron chi connectivity index (χ0n) is 9.41. The lowest BCUT2D eigenvalue weighted by molar-refractivity contribution is 0.579. The van der Waals surface area contributed by atoms with Gasteiger partial charge in [-0.25, -0.2) is 0 Å². The normalized spacial score (nSPS) is 12.6. The Bertz CT molecular complexity index is 496. The largest absolute Gasteiger partial charge is 0.305 e. The minimum absolute atomic E-state index is 0.226. The van der Waals surface area contributed by atoms with Gasteiger partial charge >= 0.3 is 0 Å². The average Bonchev–Trinajstić information content (AvgIpc) is 2.73. The molecule has 1 aromatic heterocycles. The van der Waals surface area contributed by atoms with Crippen LogP contribution in [0.5, 0.6) is 0 Å². The van der Waals surface area contributed by atoms with E-state index in [-0.39, 0.29) is 6.04 Å². The van der Waals surface area contributed by atoms with E-state index >= 15 is 0 Å². The number of hydrogen-bond acceptors (Lipinski definition) is 2. The van der Waals surface area contributed by atoms with Crippen LogP contribution in [-0.2, 0) is 6.54 Å². The van der Waals surface area contributed by atoms with Gasteiger partial charge in [0.1, 0.15) is 0 Å². The van der Waals surface area contributed by atoms with Crippen LogP contribution >= 0.6 is 34.5 Å².